The molecule has 0 aliphatic carbocycles. The van der Waals surface area contributed by atoms with Crippen LogP contribution >= 0.6 is 0 Å². The molecule has 0 aromatic heterocycles. The Balaban J connectivity index is 2.48. The summed E-state index contributed by atoms with van der Waals surface area (Å²) in [4.78, 5) is -1.05. The fourth-order valence-corrected chi connectivity index (χ4v) is 2.73. The van der Waals surface area contributed by atoms with Gasteiger partial charge < -0.3 is 4.18 Å². The Kier molecular flexibility index (Phi) is 3.95. The smallest absolute Gasteiger partial charge is 0.342 e. The van der Waals surface area contributed by atoms with Gasteiger partial charge in [0.15, 0.2) is 11.6 Å². The molecule has 0 radical (unpaired) electrons. The molecule has 2 aromatic rings. The molecule has 2 aromatic carbocycles. The summed E-state index contributed by atoms with van der Waals surface area (Å²) in [5, 5.41) is 0. The second-order valence-corrected chi connectivity index (χ2v) is 5.95. The Morgan fingerprint density at radius 1 is 0.952 bits per heavy atom. The first-order chi connectivity index (χ1) is 9.72. The van der Waals surface area contributed by atoms with E-state index in [1.54, 1.807) is 26.0 Å². The minimum absolute atomic E-state index is 0.000803. The molecule has 21 heavy (non-hydrogen) atoms. The van der Waals surface area contributed by atoms with E-state index >= 15 is 0 Å². The van der Waals surface area contributed by atoms with Crippen LogP contribution in [0.2, 0.25) is 0 Å². The van der Waals surface area contributed by atoms with Crippen LogP contribution in [0, 0.1) is 31.3 Å². The van der Waals surface area contributed by atoms with E-state index in [0.29, 0.717) is 5.56 Å². The molecule has 0 heterocycles. The highest BCUT2D eigenvalue weighted by Gasteiger charge is 2.25. The molecule has 0 saturated heterocycles. The van der Waals surface area contributed by atoms with Gasteiger partial charge in [-0.25, -0.2) is 13.2 Å². The second-order valence-electron chi connectivity index (χ2n) is 4.43. The van der Waals surface area contributed by atoms with E-state index in [4.69, 9.17) is 4.18 Å². The molecule has 2 rings (SSSR count). The Morgan fingerprint density at radius 3 is 2.24 bits per heavy atom. The second kappa shape index (κ2) is 5.40. The molecule has 3 nitrogen and oxygen atoms in total. The van der Waals surface area contributed by atoms with Gasteiger partial charge in [-0.3, -0.25) is 0 Å². The SMILES string of the molecule is Cc1cccc(OS(=O)(=O)c2cc(F)c(F)cc2F)c1C. The molecule has 112 valence electrons. The Labute approximate surface area is 120 Å². The van der Waals surface area contributed by atoms with Gasteiger partial charge in [0.25, 0.3) is 0 Å². The van der Waals surface area contributed by atoms with Crippen molar-refractivity contribution in [3.05, 3.63) is 58.9 Å². The summed E-state index contributed by atoms with van der Waals surface area (Å²) >= 11 is 0. The Morgan fingerprint density at radius 2 is 1.57 bits per heavy atom. The lowest BCUT2D eigenvalue weighted by Gasteiger charge is -2.11. The number of halogens is 3. The zero-order valence-corrected chi connectivity index (χ0v) is 12.0. The summed E-state index contributed by atoms with van der Waals surface area (Å²) in [6.45, 7) is 3.37. The van der Waals surface area contributed by atoms with Crippen LogP contribution < -0.4 is 4.18 Å². The van der Waals surface area contributed by atoms with Crippen molar-refractivity contribution in [1.29, 1.82) is 0 Å². The highest BCUT2D eigenvalue weighted by molar-refractivity contribution is 7.87. The van der Waals surface area contributed by atoms with Gasteiger partial charge in [-0.15, -0.1) is 0 Å². The number of rotatable bonds is 3. The van der Waals surface area contributed by atoms with Crippen LogP contribution in [-0.2, 0) is 10.1 Å². The average Bonchev–Trinajstić information content (AvgIpc) is 2.39. The first-order valence-corrected chi connectivity index (χ1v) is 7.28. The van der Waals surface area contributed by atoms with Gasteiger partial charge in [0.1, 0.15) is 16.5 Å². The van der Waals surface area contributed by atoms with Crippen molar-refractivity contribution in [2.75, 3.05) is 0 Å². The summed E-state index contributed by atoms with van der Waals surface area (Å²) in [6.07, 6.45) is 0. The average molecular weight is 316 g/mol. The van der Waals surface area contributed by atoms with E-state index in [0.717, 1.165) is 5.56 Å². The maximum absolute atomic E-state index is 13.5. The van der Waals surface area contributed by atoms with Crippen LogP contribution in [0.5, 0.6) is 5.75 Å². The molecule has 0 N–H and O–H groups in total. The zero-order chi connectivity index (χ0) is 15.8. The lowest BCUT2D eigenvalue weighted by Crippen LogP contribution is -2.13. The first kappa shape index (κ1) is 15.4. The lowest BCUT2D eigenvalue weighted by atomic mass is 10.1. The van der Waals surface area contributed by atoms with Crippen molar-refractivity contribution in [3.8, 4) is 5.75 Å². The number of benzene rings is 2. The van der Waals surface area contributed by atoms with Gasteiger partial charge in [-0.05, 0) is 31.0 Å². The van der Waals surface area contributed by atoms with Crippen LogP contribution in [0.4, 0.5) is 13.2 Å². The third kappa shape index (κ3) is 3.02. The molecule has 0 unspecified atom stereocenters. The summed E-state index contributed by atoms with van der Waals surface area (Å²) < 4.78 is 68.3. The normalized spacial score (nSPS) is 11.5. The molecule has 0 atom stereocenters. The Bertz CT molecular complexity index is 801. The largest absolute Gasteiger partial charge is 0.379 e. The maximum atomic E-state index is 13.5. The molecule has 0 bridgehead atoms. The van der Waals surface area contributed by atoms with Crippen molar-refractivity contribution in [2.45, 2.75) is 18.7 Å². The van der Waals surface area contributed by atoms with E-state index in [1.807, 2.05) is 0 Å². The van der Waals surface area contributed by atoms with Crippen molar-refractivity contribution in [1.82, 2.24) is 0 Å². The first-order valence-electron chi connectivity index (χ1n) is 5.87. The number of hydrogen-bond acceptors (Lipinski definition) is 3. The predicted molar refractivity (Wildman–Crippen MR) is 70.0 cm³/mol. The number of aryl methyl sites for hydroxylation is 1. The quantitative estimate of drug-likeness (QED) is 0.643. The fourth-order valence-electron chi connectivity index (χ4n) is 1.67. The third-order valence-corrected chi connectivity index (χ3v) is 4.25. The molecular weight excluding hydrogens is 305 g/mol. The monoisotopic (exact) mass is 316 g/mol. The van der Waals surface area contributed by atoms with Crippen molar-refractivity contribution < 1.29 is 25.8 Å². The van der Waals surface area contributed by atoms with E-state index in [9.17, 15) is 21.6 Å². The van der Waals surface area contributed by atoms with Crippen LogP contribution in [0.3, 0.4) is 0 Å². The summed E-state index contributed by atoms with van der Waals surface area (Å²) in [5.74, 6) is -4.36. The highest BCUT2D eigenvalue weighted by Crippen LogP contribution is 2.26. The third-order valence-electron chi connectivity index (χ3n) is 3.00. The summed E-state index contributed by atoms with van der Waals surface area (Å²) in [6, 6.07) is 5.11. The summed E-state index contributed by atoms with van der Waals surface area (Å²) in [7, 11) is -4.60. The van der Waals surface area contributed by atoms with Gasteiger partial charge in [0.05, 0.1) is 0 Å². The minimum Gasteiger partial charge on any atom is -0.379 e. The molecule has 0 saturated carbocycles. The maximum Gasteiger partial charge on any atom is 0.342 e. The standard InChI is InChI=1S/C14H11F3O3S/c1-8-4-3-5-13(9(8)2)20-21(18,19)14-7-11(16)10(15)6-12(14)17/h3-7H,1-2H3. The van der Waals surface area contributed by atoms with Gasteiger partial charge in [-0.1, -0.05) is 12.1 Å². The van der Waals surface area contributed by atoms with Crippen molar-refractivity contribution >= 4 is 10.1 Å². The van der Waals surface area contributed by atoms with Crippen LogP contribution in [0.1, 0.15) is 11.1 Å². The molecule has 0 aliphatic rings. The van der Waals surface area contributed by atoms with Gasteiger partial charge in [0, 0.05) is 12.1 Å². The fraction of sp³-hybridized carbons (Fsp3) is 0.143. The molecule has 0 spiro atoms. The van der Waals surface area contributed by atoms with Crippen LogP contribution in [0.15, 0.2) is 35.2 Å². The summed E-state index contributed by atoms with van der Waals surface area (Å²) in [5.41, 5.74) is 1.32. The molecule has 0 amide bonds. The van der Waals surface area contributed by atoms with Gasteiger partial charge >= 0.3 is 10.1 Å². The van der Waals surface area contributed by atoms with E-state index in [-0.39, 0.29) is 17.9 Å². The highest BCUT2D eigenvalue weighted by atomic mass is 32.2. The van der Waals surface area contributed by atoms with E-state index < -0.39 is 32.5 Å². The van der Waals surface area contributed by atoms with E-state index in [1.165, 1.54) is 6.07 Å². The predicted octanol–water partition coefficient (Wildman–Crippen LogP) is 3.49. The topological polar surface area (TPSA) is 43.4 Å². The van der Waals surface area contributed by atoms with Crippen molar-refractivity contribution in [2.24, 2.45) is 0 Å². The molecule has 0 fully saturated rings. The lowest BCUT2D eigenvalue weighted by molar-refractivity contribution is 0.459. The van der Waals surface area contributed by atoms with Crippen LogP contribution in [0.25, 0.3) is 0 Å². The van der Waals surface area contributed by atoms with Crippen LogP contribution in [-0.4, -0.2) is 8.42 Å². The molecule has 7 heteroatoms. The number of hydrogen-bond donors (Lipinski definition) is 0. The van der Waals surface area contributed by atoms with Gasteiger partial charge in [-0.2, -0.15) is 8.42 Å². The van der Waals surface area contributed by atoms with Gasteiger partial charge in [0.2, 0.25) is 0 Å². The zero-order valence-electron chi connectivity index (χ0n) is 11.2. The molecule has 0 aliphatic heterocycles. The Hall–Kier alpha value is -2.02. The van der Waals surface area contributed by atoms with Crippen molar-refractivity contribution in [3.63, 3.8) is 0 Å². The minimum atomic E-state index is -4.60. The molecular formula is C14H11F3O3S. The van der Waals surface area contributed by atoms with E-state index in [2.05, 4.69) is 0 Å².